The second-order valence-electron chi connectivity index (χ2n) is 9.02. The first kappa shape index (κ1) is 25.0. The van der Waals surface area contributed by atoms with Gasteiger partial charge in [0.2, 0.25) is 5.91 Å². The average Bonchev–Trinajstić information content (AvgIpc) is 2.59. The zero-order valence-electron chi connectivity index (χ0n) is 18.1. The maximum absolute atomic E-state index is 12.7. The number of ketones is 1. The number of rotatable bonds is 9. The third-order valence-corrected chi connectivity index (χ3v) is 5.48. The van der Waals surface area contributed by atoms with E-state index in [0.717, 1.165) is 6.42 Å². The standard InChI is InChI=1S/C20H37NO7/c1-8-19(4,5)17(26)11(2)9-20(6,7)28-18-14(21-12(3)23)16(25)15(24)13(10-22)27-18/h11,13-16,18,22,24-25H,8-10H2,1-7H3,(H,21,23). The van der Waals surface area contributed by atoms with Crippen molar-refractivity contribution in [1.82, 2.24) is 5.32 Å². The lowest BCUT2D eigenvalue weighted by Crippen LogP contribution is -2.65. The molecular weight excluding hydrogens is 366 g/mol. The quantitative estimate of drug-likeness (QED) is 0.448. The van der Waals surface area contributed by atoms with Gasteiger partial charge in [-0.25, -0.2) is 0 Å². The van der Waals surface area contributed by atoms with Gasteiger partial charge in [0.25, 0.3) is 0 Å². The molecule has 164 valence electrons. The summed E-state index contributed by atoms with van der Waals surface area (Å²) in [5.41, 5.74) is -1.25. The Morgan fingerprint density at radius 3 is 2.21 bits per heavy atom. The molecule has 0 spiro atoms. The Morgan fingerprint density at radius 1 is 1.18 bits per heavy atom. The van der Waals surface area contributed by atoms with Crippen LogP contribution in [0.5, 0.6) is 0 Å². The summed E-state index contributed by atoms with van der Waals surface area (Å²) in [6.07, 6.45) is -3.72. The summed E-state index contributed by atoms with van der Waals surface area (Å²) < 4.78 is 11.7. The summed E-state index contributed by atoms with van der Waals surface area (Å²) in [7, 11) is 0. The number of carbonyl (C=O) groups excluding carboxylic acids is 2. The SMILES string of the molecule is CCC(C)(C)C(=O)C(C)CC(C)(C)OC1OC(CO)C(O)C(O)C1NC(C)=O. The molecule has 6 unspecified atom stereocenters. The van der Waals surface area contributed by atoms with Crippen LogP contribution < -0.4 is 5.32 Å². The van der Waals surface area contributed by atoms with Crippen LogP contribution in [-0.2, 0) is 19.1 Å². The summed E-state index contributed by atoms with van der Waals surface area (Å²) in [4.78, 5) is 24.2. The summed E-state index contributed by atoms with van der Waals surface area (Å²) in [6.45, 7) is 12.0. The molecule has 1 fully saturated rings. The molecule has 8 nitrogen and oxygen atoms in total. The second-order valence-corrected chi connectivity index (χ2v) is 9.02. The lowest BCUT2D eigenvalue weighted by Gasteiger charge is -2.45. The predicted octanol–water partition coefficient (Wildman–Crippen LogP) is 0.757. The van der Waals surface area contributed by atoms with E-state index in [2.05, 4.69) is 5.32 Å². The predicted molar refractivity (Wildman–Crippen MR) is 103 cm³/mol. The number of hydrogen-bond acceptors (Lipinski definition) is 7. The van der Waals surface area contributed by atoms with E-state index in [1.54, 1.807) is 13.8 Å². The highest BCUT2D eigenvalue weighted by atomic mass is 16.7. The van der Waals surface area contributed by atoms with Crippen molar-refractivity contribution >= 4 is 11.7 Å². The number of nitrogens with one attached hydrogen (secondary N) is 1. The van der Waals surface area contributed by atoms with Crippen LogP contribution in [0.25, 0.3) is 0 Å². The molecule has 0 aromatic heterocycles. The molecule has 1 heterocycles. The molecule has 1 rings (SSSR count). The number of aliphatic hydroxyl groups is 3. The van der Waals surface area contributed by atoms with Gasteiger partial charge < -0.3 is 30.1 Å². The molecule has 28 heavy (non-hydrogen) atoms. The van der Waals surface area contributed by atoms with E-state index < -0.39 is 54.2 Å². The normalized spacial score (nSPS) is 30.0. The molecule has 1 saturated heterocycles. The van der Waals surface area contributed by atoms with Crippen molar-refractivity contribution in [3.8, 4) is 0 Å². The smallest absolute Gasteiger partial charge is 0.217 e. The molecular formula is C20H37NO7. The highest BCUT2D eigenvalue weighted by Gasteiger charge is 2.47. The van der Waals surface area contributed by atoms with Crippen molar-refractivity contribution in [2.24, 2.45) is 11.3 Å². The second kappa shape index (κ2) is 9.63. The van der Waals surface area contributed by atoms with Gasteiger partial charge in [0.05, 0.1) is 12.2 Å². The van der Waals surface area contributed by atoms with Gasteiger partial charge >= 0.3 is 0 Å². The molecule has 0 radical (unpaired) electrons. The van der Waals surface area contributed by atoms with Crippen LogP contribution >= 0.6 is 0 Å². The van der Waals surface area contributed by atoms with Gasteiger partial charge in [-0.15, -0.1) is 0 Å². The fourth-order valence-electron chi connectivity index (χ4n) is 3.60. The Bertz CT molecular complexity index is 549. The van der Waals surface area contributed by atoms with Crippen molar-refractivity contribution < 1.29 is 34.4 Å². The van der Waals surface area contributed by atoms with Gasteiger partial charge in [-0.05, 0) is 26.7 Å². The van der Waals surface area contributed by atoms with Crippen LogP contribution in [0.15, 0.2) is 0 Å². The first-order chi connectivity index (χ1) is 12.8. The fraction of sp³-hybridized carbons (Fsp3) is 0.900. The van der Waals surface area contributed by atoms with Gasteiger partial charge in [-0.1, -0.05) is 27.7 Å². The molecule has 0 saturated carbocycles. The average molecular weight is 404 g/mol. The van der Waals surface area contributed by atoms with Crippen LogP contribution in [0, 0.1) is 11.3 Å². The number of Topliss-reactive ketones (excluding diaryl/α,β-unsaturated/α-hetero) is 1. The number of hydrogen-bond donors (Lipinski definition) is 4. The van der Waals surface area contributed by atoms with Crippen LogP contribution in [0.1, 0.15) is 61.3 Å². The van der Waals surface area contributed by atoms with Crippen molar-refractivity contribution in [1.29, 1.82) is 0 Å². The molecule has 6 atom stereocenters. The van der Waals surface area contributed by atoms with E-state index in [1.807, 2.05) is 27.7 Å². The lowest BCUT2D eigenvalue weighted by atomic mass is 9.77. The summed E-state index contributed by atoms with van der Waals surface area (Å²) in [5.74, 6) is -0.544. The minimum absolute atomic E-state index is 0.137. The molecule has 4 N–H and O–H groups in total. The molecule has 1 aliphatic rings. The van der Waals surface area contributed by atoms with Crippen LogP contribution in [0.2, 0.25) is 0 Å². The van der Waals surface area contributed by atoms with Crippen molar-refractivity contribution in [2.45, 2.75) is 97.6 Å². The number of amides is 1. The van der Waals surface area contributed by atoms with Crippen molar-refractivity contribution in [2.75, 3.05) is 6.61 Å². The Labute approximate surface area is 167 Å². The van der Waals surface area contributed by atoms with Gasteiger partial charge in [0.15, 0.2) is 6.29 Å². The van der Waals surface area contributed by atoms with Gasteiger partial charge in [0, 0.05) is 18.3 Å². The largest absolute Gasteiger partial charge is 0.394 e. The molecule has 0 bridgehead atoms. The van der Waals surface area contributed by atoms with Crippen molar-refractivity contribution in [3.63, 3.8) is 0 Å². The Hall–Kier alpha value is -1.06. The number of carbonyl (C=O) groups is 2. The Balaban J connectivity index is 2.95. The first-order valence-corrected chi connectivity index (χ1v) is 9.87. The highest BCUT2D eigenvalue weighted by molar-refractivity contribution is 5.86. The number of ether oxygens (including phenoxy) is 2. The Morgan fingerprint density at radius 2 is 1.75 bits per heavy atom. The minimum Gasteiger partial charge on any atom is -0.394 e. The van der Waals surface area contributed by atoms with E-state index in [0.29, 0.717) is 6.42 Å². The third-order valence-electron chi connectivity index (χ3n) is 5.48. The third kappa shape index (κ3) is 6.22. The molecule has 0 aromatic rings. The summed E-state index contributed by atoms with van der Waals surface area (Å²) >= 11 is 0. The minimum atomic E-state index is -1.37. The zero-order chi connectivity index (χ0) is 21.9. The van der Waals surface area contributed by atoms with Crippen LogP contribution in [-0.4, -0.2) is 69.9 Å². The number of aliphatic hydroxyl groups excluding tert-OH is 3. The van der Waals surface area contributed by atoms with Crippen LogP contribution in [0.4, 0.5) is 0 Å². The lowest BCUT2D eigenvalue weighted by molar-refractivity contribution is -0.297. The fourth-order valence-corrected chi connectivity index (χ4v) is 3.60. The van der Waals surface area contributed by atoms with E-state index in [1.165, 1.54) is 6.92 Å². The van der Waals surface area contributed by atoms with E-state index in [9.17, 15) is 24.9 Å². The van der Waals surface area contributed by atoms with Crippen LogP contribution in [0.3, 0.4) is 0 Å². The van der Waals surface area contributed by atoms with E-state index >= 15 is 0 Å². The monoisotopic (exact) mass is 403 g/mol. The maximum atomic E-state index is 12.7. The van der Waals surface area contributed by atoms with Crippen molar-refractivity contribution in [3.05, 3.63) is 0 Å². The zero-order valence-corrected chi connectivity index (χ0v) is 18.1. The highest BCUT2D eigenvalue weighted by Crippen LogP contribution is 2.33. The van der Waals surface area contributed by atoms with Gasteiger partial charge in [-0.3, -0.25) is 9.59 Å². The molecule has 1 amide bonds. The summed E-state index contributed by atoms with van der Waals surface area (Å²) in [5, 5.41) is 32.4. The maximum Gasteiger partial charge on any atom is 0.217 e. The molecule has 0 aliphatic carbocycles. The summed E-state index contributed by atoms with van der Waals surface area (Å²) in [6, 6.07) is -1.01. The van der Waals surface area contributed by atoms with E-state index in [-0.39, 0.29) is 11.7 Å². The molecule has 1 aliphatic heterocycles. The Kier molecular flexibility index (Phi) is 8.59. The van der Waals surface area contributed by atoms with Gasteiger partial charge in [0.1, 0.15) is 30.1 Å². The topological polar surface area (TPSA) is 125 Å². The van der Waals surface area contributed by atoms with E-state index in [4.69, 9.17) is 9.47 Å². The first-order valence-electron chi connectivity index (χ1n) is 9.87. The van der Waals surface area contributed by atoms with Gasteiger partial charge in [-0.2, -0.15) is 0 Å². The molecule has 0 aromatic carbocycles. The molecule has 8 heteroatoms.